The fraction of sp³-hybridized carbons (Fsp3) is 0.357. The fourth-order valence-corrected chi connectivity index (χ4v) is 1.81. The first-order valence-electron chi connectivity index (χ1n) is 5.79. The van der Waals surface area contributed by atoms with Crippen LogP contribution >= 0.6 is 11.8 Å². The Morgan fingerprint density at radius 1 is 1.41 bits per heavy atom. The van der Waals surface area contributed by atoms with E-state index in [0.717, 1.165) is 16.9 Å². The molecule has 0 aliphatic carbocycles. The van der Waals surface area contributed by atoms with Gasteiger partial charge in [0.15, 0.2) is 0 Å². The molecule has 92 valence electrons. The smallest absolute Gasteiger partial charge is 0.257 e. The average Bonchev–Trinajstić information content (AvgIpc) is 2.36. The number of hydrogen-bond donors (Lipinski definition) is 1. The van der Waals surface area contributed by atoms with Crippen molar-refractivity contribution in [1.82, 2.24) is 5.32 Å². The largest absolute Gasteiger partial charge is 0.349 e. The van der Waals surface area contributed by atoms with Gasteiger partial charge in [-0.25, -0.2) is 0 Å². The summed E-state index contributed by atoms with van der Waals surface area (Å²) in [5, 5.41) is 2.97. The first kappa shape index (κ1) is 13.8. The predicted octanol–water partition coefficient (Wildman–Crippen LogP) is 3.31. The molecule has 1 rings (SSSR count). The van der Waals surface area contributed by atoms with Crippen molar-refractivity contribution in [2.24, 2.45) is 0 Å². The van der Waals surface area contributed by atoms with Crippen LogP contribution in [0.4, 0.5) is 0 Å². The zero-order chi connectivity index (χ0) is 12.7. The predicted molar refractivity (Wildman–Crippen MR) is 75.8 cm³/mol. The van der Waals surface area contributed by atoms with E-state index in [4.69, 9.17) is 0 Å². The first-order valence-corrected chi connectivity index (χ1v) is 7.01. The fourth-order valence-electron chi connectivity index (χ4n) is 1.31. The highest BCUT2D eigenvalue weighted by atomic mass is 32.2. The summed E-state index contributed by atoms with van der Waals surface area (Å²) in [5.41, 5.74) is 1.05. The number of carbonyl (C=O) groups excluding carboxylic acids is 1. The molecule has 1 N–H and O–H groups in total. The molecular formula is C14H19NOS. The molecule has 0 heterocycles. The van der Waals surface area contributed by atoms with E-state index in [9.17, 15) is 4.79 Å². The molecule has 0 fully saturated rings. The average molecular weight is 249 g/mol. The molecular weight excluding hydrogens is 230 g/mol. The Morgan fingerprint density at radius 2 is 2.06 bits per heavy atom. The molecule has 0 bridgehead atoms. The lowest BCUT2D eigenvalue weighted by Gasteiger charge is -2.12. The third-order valence-corrected chi connectivity index (χ3v) is 3.27. The van der Waals surface area contributed by atoms with Crippen molar-refractivity contribution in [3.63, 3.8) is 0 Å². The number of carbonyl (C=O) groups is 1. The zero-order valence-corrected chi connectivity index (χ0v) is 11.4. The van der Waals surface area contributed by atoms with E-state index >= 15 is 0 Å². The second-order valence-electron chi connectivity index (χ2n) is 3.91. The van der Waals surface area contributed by atoms with Gasteiger partial charge < -0.3 is 5.32 Å². The molecule has 0 aliphatic rings. The van der Waals surface area contributed by atoms with Crippen molar-refractivity contribution in [2.45, 2.75) is 26.3 Å². The lowest BCUT2D eigenvalue weighted by molar-refractivity contribution is -0.117. The van der Waals surface area contributed by atoms with Gasteiger partial charge in [0, 0.05) is 6.04 Å². The van der Waals surface area contributed by atoms with Crippen molar-refractivity contribution < 1.29 is 4.79 Å². The van der Waals surface area contributed by atoms with E-state index in [1.165, 1.54) is 11.8 Å². The third kappa shape index (κ3) is 4.65. The number of thioether (sulfide) groups is 1. The SMILES string of the molecule is CCC(C)NC(=O)/C(=C/c1ccccc1)SC. The van der Waals surface area contributed by atoms with Crippen molar-refractivity contribution in [3.8, 4) is 0 Å². The van der Waals surface area contributed by atoms with Crippen molar-refractivity contribution >= 4 is 23.7 Å². The molecule has 0 aromatic heterocycles. The van der Waals surface area contributed by atoms with Crippen LogP contribution in [0.1, 0.15) is 25.8 Å². The molecule has 1 atom stereocenters. The van der Waals surface area contributed by atoms with Crippen LogP contribution in [-0.2, 0) is 4.79 Å². The Balaban J connectivity index is 2.77. The van der Waals surface area contributed by atoms with E-state index in [1.807, 2.05) is 49.6 Å². The summed E-state index contributed by atoms with van der Waals surface area (Å²) in [5.74, 6) is 0.00991. The molecule has 1 aromatic carbocycles. The van der Waals surface area contributed by atoms with Crippen LogP contribution < -0.4 is 5.32 Å². The number of hydrogen-bond acceptors (Lipinski definition) is 2. The molecule has 1 amide bonds. The molecule has 1 unspecified atom stereocenters. The van der Waals surface area contributed by atoms with Gasteiger partial charge in [-0.1, -0.05) is 37.3 Å². The molecule has 2 nitrogen and oxygen atoms in total. The zero-order valence-electron chi connectivity index (χ0n) is 10.6. The lowest BCUT2D eigenvalue weighted by Crippen LogP contribution is -2.32. The number of benzene rings is 1. The number of nitrogens with one attached hydrogen (secondary N) is 1. The van der Waals surface area contributed by atoms with Crippen LogP contribution in [0.15, 0.2) is 35.2 Å². The van der Waals surface area contributed by atoms with Crippen LogP contribution in [-0.4, -0.2) is 18.2 Å². The lowest BCUT2D eigenvalue weighted by atomic mass is 10.2. The Morgan fingerprint density at radius 3 is 2.59 bits per heavy atom. The summed E-state index contributed by atoms with van der Waals surface area (Å²) in [6, 6.07) is 10.1. The van der Waals surface area contributed by atoms with Gasteiger partial charge in [0.05, 0.1) is 4.91 Å². The Bertz CT molecular complexity index is 386. The van der Waals surface area contributed by atoms with E-state index in [-0.39, 0.29) is 11.9 Å². The van der Waals surface area contributed by atoms with Crippen LogP contribution in [0, 0.1) is 0 Å². The first-order chi connectivity index (χ1) is 8.17. The maximum atomic E-state index is 11.9. The summed E-state index contributed by atoms with van der Waals surface area (Å²) < 4.78 is 0. The van der Waals surface area contributed by atoms with Gasteiger partial charge >= 0.3 is 0 Å². The monoisotopic (exact) mass is 249 g/mol. The summed E-state index contributed by atoms with van der Waals surface area (Å²) in [6.07, 6.45) is 4.78. The molecule has 0 saturated heterocycles. The minimum atomic E-state index is 0.00991. The van der Waals surface area contributed by atoms with Gasteiger partial charge in [0.1, 0.15) is 0 Å². The van der Waals surface area contributed by atoms with Gasteiger partial charge in [-0.15, -0.1) is 11.8 Å². The van der Waals surface area contributed by atoms with Gasteiger partial charge in [0.25, 0.3) is 5.91 Å². The van der Waals surface area contributed by atoms with Crippen molar-refractivity contribution in [2.75, 3.05) is 6.26 Å². The topological polar surface area (TPSA) is 29.1 Å². The maximum absolute atomic E-state index is 11.9. The Hall–Kier alpha value is -1.22. The minimum Gasteiger partial charge on any atom is -0.349 e. The normalized spacial score (nSPS) is 13.2. The van der Waals surface area contributed by atoms with Crippen molar-refractivity contribution in [1.29, 1.82) is 0 Å². The molecule has 1 aromatic rings. The van der Waals surface area contributed by atoms with Gasteiger partial charge in [-0.2, -0.15) is 0 Å². The van der Waals surface area contributed by atoms with E-state index in [0.29, 0.717) is 0 Å². The van der Waals surface area contributed by atoms with Crippen LogP contribution in [0.2, 0.25) is 0 Å². The summed E-state index contributed by atoms with van der Waals surface area (Å²) in [4.78, 5) is 12.7. The Labute approximate surface area is 107 Å². The highest BCUT2D eigenvalue weighted by Gasteiger charge is 2.10. The van der Waals surface area contributed by atoms with Gasteiger partial charge in [0.2, 0.25) is 0 Å². The molecule has 17 heavy (non-hydrogen) atoms. The van der Waals surface area contributed by atoms with Crippen molar-refractivity contribution in [3.05, 3.63) is 40.8 Å². The Kier molecular flexibility index (Phi) is 5.84. The van der Waals surface area contributed by atoms with Gasteiger partial charge in [-0.3, -0.25) is 4.79 Å². The third-order valence-electron chi connectivity index (χ3n) is 2.53. The minimum absolute atomic E-state index is 0.00991. The second kappa shape index (κ2) is 7.17. The second-order valence-corrected chi connectivity index (χ2v) is 4.75. The summed E-state index contributed by atoms with van der Waals surface area (Å²) >= 11 is 1.47. The highest BCUT2D eigenvalue weighted by Crippen LogP contribution is 2.16. The standard InChI is InChI=1S/C14H19NOS/c1-4-11(2)15-14(16)13(17-3)10-12-8-6-5-7-9-12/h5-11H,4H2,1-3H3,(H,15,16)/b13-10-. The molecule has 3 heteroatoms. The summed E-state index contributed by atoms with van der Waals surface area (Å²) in [7, 11) is 0. The van der Waals surface area contributed by atoms with E-state index in [1.54, 1.807) is 0 Å². The molecule has 0 saturated carbocycles. The van der Waals surface area contributed by atoms with E-state index < -0.39 is 0 Å². The van der Waals surface area contributed by atoms with Crippen LogP contribution in [0.25, 0.3) is 6.08 Å². The molecule has 0 aliphatic heterocycles. The van der Waals surface area contributed by atoms with E-state index in [2.05, 4.69) is 12.2 Å². The number of rotatable bonds is 5. The summed E-state index contributed by atoms with van der Waals surface area (Å²) in [6.45, 7) is 4.07. The number of amides is 1. The van der Waals surface area contributed by atoms with Gasteiger partial charge in [-0.05, 0) is 31.2 Å². The maximum Gasteiger partial charge on any atom is 0.257 e. The molecule has 0 spiro atoms. The van der Waals surface area contributed by atoms with Crippen LogP contribution in [0.5, 0.6) is 0 Å². The quantitative estimate of drug-likeness (QED) is 0.811. The van der Waals surface area contributed by atoms with Crippen LogP contribution in [0.3, 0.4) is 0 Å². The highest BCUT2D eigenvalue weighted by molar-refractivity contribution is 8.03. The molecule has 0 radical (unpaired) electrons.